The maximum Gasteiger partial charge on any atom is -0.00160 e. The smallest absolute Gasteiger partial charge is 0.00160 e. The first-order valence-electron chi connectivity index (χ1n) is 5.72. The summed E-state index contributed by atoms with van der Waals surface area (Å²) >= 11 is 0. The maximum absolute atomic E-state index is 2.48. The van der Waals surface area contributed by atoms with Gasteiger partial charge in [-0.05, 0) is 38.9 Å². The van der Waals surface area contributed by atoms with Gasteiger partial charge in [-0.3, -0.25) is 0 Å². The molecule has 0 amide bonds. The van der Waals surface area contributed by atoms with Crippen molar-refractivity contribution in [1.29, 1.82) is 0 Å². The predicted octanol–water partition coefficient (Wildman–Crippen LogP) is 3.46. The van der Waals surface area contributed by atoms with Gasteiger partial charge in [-0.2, -0.15) is 0 Å². The van der Waals surface area contributed by atoms with Crippen molar-refractivity contribution in [1.82, 2.24) is 4.90 Å². The SMILES string of the molecule is CCC/C=C/CCCN(CC)CC. The lowest BCUT2D eigenvalue weighted by Crippen LogP contribution is -2.23. The van der Waals surface area contributed by atoms with Crippen molar-refractivity contribution >= 4 is 0 Å². The lowest BCUT2D eigenvalue weighted by atomic mass is 10.2. The van der Waals surface area contributed by atoms with Gasteiger partial charge in [0, 0.05) is 0 Å². The Balaban J connectivity index is 3.23. The first-order valence-corrected chi connectivity index (χ1v) is 5.72. The number of nitrogens with zero attached hydrogens (tertiary/aromatic N) is 1. The van der Waals surface area contributed by atoms with Gasteiger partial charge in [0.2, 0.25) is 0 Å². The molecule has 0 aliphatic heterocycles. The van der Waals surface area contributed by atoms with Crippen LogP contribution in [0.4, 0.5) is 0 Å². The minimum absolute atomic E-state index is 1.19. The van der Waals surface area contributed by atoms with Crippen molar-refractivity contribution in [2.24, 2.45) is 0 Å². The Kier molecular flexibility index (Phi) is 9.56. The lowest BCUT2D eigenvalue weighted by Gasteiger charge is -2.16. The molecule has 0 unspecified atom stereocenters. The first-order chi connectivity index (χ1) is 6.35. The van der Waals surface area contributed by atoms with Gasteiger partial charge in [-0.15, -0.1) is 0 Å². The second-order valence-corrected chi connectivity index (χ2v) is 3.43. The molecule has 0 atom stereocenters. The van der Waals surface area contributed by atoms with Gasteiger partial charge < -0.3 is 4.90 Å². The van der Waals surface area contributed by atoms with Gasteiger partial charge >= 0.3 is 0 Å². The molecular formula is C12H25N. The minimum atomic E-state index is 1.19. The molecule has 0 aromatic rings. The van der Waals surface area contributed by atoms with Gasteiger partial charge in [0.05, 0.1) is 0 Å². The summed E-state index contributed by atoms with van der Waals surface area (Å²) in [7, 11) is 0. The molecule has 13 heavy (non-hydrogen) atoms. The zero-order chi connectivity index (χ0) is 9.94. The van der Waals surface area contributed by atoms with Crippen LogP contribution in [0, 0.1) is 0 Å². The fourth-order valence-electron chi connectivity index (χ4n) is 1.37. The van der Waals surface area contributed by atoms with Crippen LogP contribution in [0.15, 0.2) is 12.2 Å². The molecule has 78 valence electrons. The molecule has 0 fully saturated rings. The molecule has 1 heteroatoms. The monoisotopic (exact) mass is 183 g/mol. The van der Waals surface area contributed by atoms with Crippen molar-refractivity contribution in [3.05, 3.63) is 12.2 Å². The number of hydrogen-bond donors (Lipinski definition) is 0. The maximum atomic E-state index is 2.48. The Morgan fingerprint density at radius 1 is 0.923 bits per heavy atom. The third-order valence-corrected chi connectivity index (χ3v) is 2.36. The van der Waals surface area contributed by atoms with E-state index in [-0.39, 0.29) is 0 Å². The van der Waals surface area contributed by atoms with E-state index in [9.17, 15) is 0 Å². The van der Waals surface area contributed by atoms with E-state index >= 15 is 0 Å². The summed E-state index contributed by atoms with van der Waals surface area (Å²) in [4.78, 5) is 2.48. The van der Waals surface area contributed by atoms with Crippen molar-refractivity contribution in [2.45, 2.75) is 46.5 Å². The lowest BCUT2D eigenvalue weighted by molar-refractivity contribution is 0.301. The molecule has 0 saturated heterocycles. The molecule has 0 spiro atoms. The molecule has 0 N–H and O–H groups in total. The van der Waals surface area contributed by atoms with E-state index in [4.69, 9.17) is 0 Å². The molecule has 0 aromatic carbocycles. The van der Waals surface area contributed by atoms with E-state index in [1.165, 1.54) is 45.3 Å². The van der Waals surface area contributed by atoms with Gasteiger partial charge in [0.1, 0.15) is 0 Å². The van der Waals surface area contributed by atoms with E-state index in [1.54, 1.807) is 0 Å². The van der Waals surface area contributed by atoms with Crippen LogP contribution in [0.1, 0.15) is 46.5 Å². The zero-order valence-corrected chi connectivity index (χ0v) is 9.55. The fraction of sp³-hybridized carbons (Fsp3) is 0.833. The Labute approximate surface area is 83.8 Å². The summed E-state index contributed by atoms with van der Waals surface area (Å²) in [6.45, 7) is 10.3. The molecule has 0 aliphatic rings. The predicted molar refractivity (Wildman–Crippen MR) is 61.1 cm³/mol. The largest absolute Gasteiger partial charge is 0.304 e. The van der Waals surface area contributed by atoms with Gasteiger partial charge in [-0.1, -0.05) is 39.3 Å². The fourth-order valence-corrected chi connectivity index (χ4v) is 1.37. The standard InChI is InChI=1S/C12H25N/c1-4-7-8-9-10-11-12-13(5-2)6-3/h8-9H,4-7,10-12H2,1-3H3/b9-8+. The minimum Gasteiger partial charge on any atom is -0.304 e. The Morgan fingerprint density at radius 3 is 2.08 bits per heavy atom. The van der Waals surface area contributed by atoms with Crippen molar-refractivity contribution in [2.75, 3.05) is 19.6 Å². The third kappa shape index (κ3) is 8.04. The highest BCUT2D eigenvalue weighted by atomic mass is 15.1. The molecular weight excluding hydrogens is 158 g/mol. The van der Waals surface area contributed by atoms with E-state index in [0.717, 1.165) is 0 Å². The molecule has 0 saturated carbocycles. The Bertz CT molecular complexity index is 114. The quantitative estimate of drug-likeness (QED) is 0.411. The summed E-state index contributed by atoms with van der Waals surface area (Å²) in [5.41, 5.74) is 0. The highest BCUT2D eigenvalue weighted by Gasteiger charge is 1.95. The summed E-state index contributed by atoms with van der Waals surface area (Å²) < 4.78 is 0. The van der Waals surface area contributed by atoms with Crippen LogP contribution in [0.5, 0.6) is 0 Å². The van der Waals surface area contributed by atoms with E-state index in [0.29, 0.717) is 0 Å². The van der Waals surface area contributed by atoms with Crippen LogP contribution >= 0.6 is 0 Å². The molecule has 0 aliphatic carbocycles. The average Bonchev–Trinajstić information content (AvgIpc) is 2.17. The van der Waals surface area contributed by atoms with Crippen LogP contribution in [0.3, 0.4) is 0 Å². The van der Waals surface area contributed by atoms with E-state index in [1.807, 2.05) is 0 Å². The first kappa shape index (κ1) is 12.7. The van der Waals surface area contributed by atoms with Crippen LogP contribution in [0.25, 0.3) is 0 Å². The van der Waals surface area contributed by atoms with Crippen molar-refractivity contribution < 1.29 is 0 Å². The normalized spacial score (nSPS) is 11.7. The Morgan fingerprint density at radius 2 is 1.54 bits per heavy atom. The molecule has 0 rings (SSSR count). The number of unbranched alkanes of at least 4 members (excludes halogenated alkanes) is 2. The molecule has 0 aromatic heterocycles. The molecule has 0 radical (unpaired) electrons. The highest BCUT2D eigenvalue weighted by Crippen LogP contribution is 1.97. The van der Waals surface area contributed by atoms with Gasteiger partial charge in [0.25, 0.3) is 0 Å². The summed E-state index contributed by atoms with van der Waals surface area (Å²) in [6, 6.07) is 0. The molecule has 1 nitrogen and oxygen atoms in total. The van der Waals surface area contributed by atoms with Crippen molar-refractivity contribution in [3.8, 4) is 0 Å². The molecule has 0 heterocycles. The zero-order valence-electron chi connectivity index (χ0n) is 9.55. The second kappa shape index (κ2) is 9.79. The third-order valence-electron chi connectivity index (χ3n) is 2.36. The highest BCUT2D eigenvalue weighted by molar-refractivity contribution is 4.81. The van der Waals surface area contributed by atoms with Crippen molar-refractivity contribution in [3.63, 3.8) is 0 Å². The van der Waals surface area contributed by atoms with Gasteiger partial charge in [-0.25, -0.2) is 0 Å². The van der Waals surface area contributed by atoms with Crippen LogP contribution in [0.2, 0.25) is 0 Å². The summed E-state index contributed by atoms with van der Waals surface area (Å²) in [5.74, 6) is 0. The molecule has 0 bridgehead atoms. The Hall–Kier alpha value is -0.300. The van der Waals surface area contributed by atoms with Gasteiger partial charge in [0.15, 0.2) is 0 Å². The average molecular weight is 183 g/mol. The van der Waals surface area contributed by atoms with Crippen LogP contribution < -0.4 is 0 Å². The second-order valence-electron chi connectivity index (χ2n) is 3.43. The topological polar surface area (TPSA) is 3.24 Å². The van der Waals surface area contributed by atoms with Crippen LogP contribution in [-0.4, -0.2) is 24.5 Å². The number of hydrogen-bond acceptors (Lipinski definition) is 1. The summed E-state index contributed by atoms with van der Waals surface area (Å²) in [5, 5.41) is 0. The van der Waals surface area contributed by atoms with Crippen LogP contribution in [-0.2, 0) is 0 Å². The van der Waals surface area contributed by atoms with E-state index < -0.39 is 0 Å². The van der Waals surface area contributed by atoms with E-state index in [2.05, 4.69) is 37.8 Å². The number of allylic oxidation sites excluding steroid dienone is 2. The number of rotatable bonds is 8. The summed E-state index contributed by atoms with van der Waals surface area (Å²) in [6.07, 6.45) is 9.70.